The van der Waals surface area contributed by atoms with Gasteiger partial charge in [0.1, 0.15) is 0 Å². The van der Waals surface area contributed by atoms with E-state index in [0.29, 0.717) is 59.7 Å². The van der Waals surface area contributed by atoms with Gasteiger partial charge in [0.05, 0.1) is 30.8 Å². The van der Waals surface area contributed by atoms with Gasteiger partial charge in [-0.3, -0.25) is 33.0 Å². The number of halogens is 1. The molecular formula is C28H33ClN4O6S. The second-order valence-electron chi connectivity index (χ2n) is 9.51. The molecule has 0 saturated carbocycles. The average Bonchev–Trinajstić information content (AvgIpc) is 2.93. The lowest BCUT2D eigenvalue weighted by molar-refractivity contribution is -0.117. The van der Waals surface area contributed by atoms with Crippen molar-refractivity contribution in [3.05, 3.63) is 93.9 Å². The molecule has 40 heavy (non-hydrogen) atoms. The van der Waals surface area contributed by atoms with E-state index in [1.165, 1.54) is 10.6 Å². The molecule has 1 fully saturated rings. The number of anilines is 1. The molecule has 1 atom stereocenters. The fourth-order valence-corrected chi connectivity index (χ4v) is 5.64. The Balaban J connectivity index is 1.35. The van der Waals surface area contributed by atoms with Crippen LogP contribution in [0, 0.1) is 0 Å². The first-order valence-electron chi connectivity index (χ1n) is 12.9. The Kier molecular flexibility index (Phi) is 10.4. The number of rotatable bonds is 11. The summed E-state index contributed by atoms with van der Waals surface area (Å²) >= 11 is 5.92. The molecule has 1 unspecified atom stereocenters. The second kappa shape index (κ2) is 13.9. The van der Waals surface area contributed by atoms with Crippen LogP contribution in [0.1, 0.15) is 16.8 Å². The third-order valence-corrected chi connectivity index (χ3v) is 8.39. The Bertz CT molecular complexity index is 1340. The maximum absolute atomic E-state index is 13.1. The first-order chi connectivity index (χ1) is 19.2. The minimum absolute atomic E-state index is 0.0174. The molecule has 10 nitrogen and oxygen atoms in total. The van der Waals surface area contributed by atoms with Gasteiger partial charge in [-0.25, -0.2) is 0 Å². The van der Waals surface area contributed by atoms with E-state index in [1.54, 1.807) is 66.9 Å². The monoisotopic (exact) mass is 588 g/mol. The Morgan fingerprint density at radius 3 is 2.38 bits per heavy atom. The van der Waals surface area contributed by atoms with E-state index < -0.39 is 16.6 Å². The quantitative estimate of drug-likeness (QED) is 0.251. The van der Waals surface area contributed by atoms with E-state index in [2.05, 4.69) is 15.5 Å². The van der Waals surface area contributed by atoms with Crippen LogP contribution in [0.3, 0.4) is 0 Å². The van der Waals surface area contributed by atoms with Gasteiger partial charge < -0.3 is 15.4 Å². The van der Waals surface area contributed by atoms with Gasteiger partial charge >= 0.3 is 0 Å². The number of hydrogen-bond donors (Lipinski definition) is 4. The second-order valence-corrected chi connectivity index (χ2v) is 12.4. The molecule has 0 bridgehead atoms. The molecule has 0 aliphatic carbocycles. The summed E-state index contributed by atoms with van der Waals surface area (Å²) in [6.45, 7) is 2.25. The van der Waals surface area contributed by atoms with Gasteiger partial charge in [-0.1, -0.05) is 17.7 Å². The SMILES string of the molecule is O=C(CC(COCCN1CCS(O)(O)CC1)NC(=O)c1ccc(-n2ccccc2=O)cc1)Nc1ccc(Cl)cc1. The van der Waals surface area contributed by atoms with Crippen LogP contribution in [-0.2, 0) is 9.53 Å². The third kappa shape index (κ3) is 8.91. The Labute approximate surface area is 239 Å². The number of amides is 2. The number of benzene rings is 2. The zero-order valence-electron chi connectivity index (χ0n) is 21.9. The maximum Gasteiger partial charge on any atom is 0.255 e. The molecule has 214 valence electrons. The number of pyridine rings is 1. The van der Waals surface area contributed by atoms with Crippen molar-refractivity contribution in [3.8, 4) is 5.69 Å². The van der Waals surface area contributed by atoms with Gasteiger partial charge in [-0.15, -0.1) is 0 Å². The Morgan fingerprint density at radius 1 is 1.00 bits per heavy atom. The topological polar surface area (TPSA) is 133 Å². The van der Waals surface area contributed by atoms with Crippen LogP contribution in [0.5, 0.6) is 0 Å². The first-order valence-corrected chi connectivity index (χ1v) is 15.1. The minimum Gasteiger partial charge on any atom is -0.378 e. The van der Waals surface area contributed by atoms with Crippen molar-refractivity contribution >= 4 is 39.7 Å². The van der Waals surface area contributed by atoms with Crippen LogP contribution >= 0.6 is 22.2 Å². The van der Waals surface area contributed by atoms with E-state index in [4.69, 9.17) is 16.3 Å². The lowest BCUT2D eigenvalue weighted by Crippen LogP contribution is -2.42. The van der Waals surface area contributed by atoms with Crippen LogP contribution < -0.4 is 16.2 Å². The highest BCUT2D eigenvalue weighted by molar-refractivity contribution is 8.24. The van der Waals surface area contributed by atoms with Crippen molar-refractivity contribution in [1.29, 1.82) is 0 Å². The van der Waals surface area contributed by atoms with E-state index in [1.807, 2.05) is 0 Å². The summed E-state index contributed by atoms with van der Waals surface area (Å²) in [7, 11) is -2.46. The molecule has 0 radical (unpaired) electrons. The highest BCUT2D eigenvalue weighted by Crippen LogP contribution is 2.40. The molecule has 2 aromatic carbocycles. The number of nitrogens with zero attached hydrogens (tertiary/aromatic N) is 2. The number of aromatic nitrogens is 1. The molecule has 4 rings (SSSR count). The molecular weight excluding hydrogens is 556 g/mol. The van der Waals surface area contributed by atoms with E-state index in [9.17, 15) is 23.5 Å². The van der Waals surface area contributed by atoms with Crippen molar-refractivity contribution in [3.63, 3.8) is 0 Å². The molecule has 0 spiro atoms. The molecule has 4 N–H and O–H groups in total. The van der Waals surface area contributed by atoms with E-state index >= 15 is 0 Å². The largest absolute Gasteiger partial charge is 0.378 e. The minimum atomic E-state index is -2.46. The zero-order valence-corrected chi connectivity index (χ0v) is 23.4. The van der Waals surface area contributed by atoms with Crippen molar-refractivity contribution in [2.75, 3.05) is 49.7 Å². The van der Waals surface area contributed by atoms with Crippen molar-refractivity contribution in [1.82, 2.24) is 14.8 Å². The van der Waals surface area contributed by atoms with Crippen LogP contribution in [0.4, 0.5) is 5.69 Å². The zero-order chi connectivity index (χ0) is 28.5. The van der Waals surface area contributed by atoms with Gasteiger partial charge in [-0.05, 0) is 54.6 Å². The predicted octanol–water partition coefficient (Wildman–Crippen LogP) is 3.70. The van der Waals surface area contributed by atoms with Crippen LogP contribution in [-0.4, -0.2) is 80.8 Å². The highest BCUT2D eigenvalue weighted by atomic mass is 35.5. The van der Waals surface area contributed by atoms with Gasteiger partial charge in [0.25, 0.3) is 11.5 Å². The Hall–Kier alpha value is -3.19. The normalized spacial score (nSPS) is 16.6. The van der Waals surface area contributed by atoms with Gasteiger partial charge in [0, 0.05) is 60.3 Å². The van der Waals surface area contributed by atoms with Crippen LogP contribution in [0.15, 0.2) is 77.7 Å². The van der Waals surface area contributed by atoms with Gasteiger partial charge in [-0.2, -0.15) is 10.6 Å². The lowest BCUT2D eigenvalue weighted by atomic mass is 10.1. The fourth-order valence-electron chi connectivity index (χ4n) is 4.21. The summed E-state index contributed by atoms with van der Waals surface area (Å²) in [5.74, 6) is 0.0417. The van der Waals surface area contributed by atoms with E-state index in [0.717, 1.165) is 0 Å². The molecule has 1 saturated heterocycles. The average molecular weight is 589 g/mol. The molecule has 1 aliphatic rings. The standard InChI is InChI=1S/C28H33ClN4O6S/c29-22-6-8-23(9-7-22)30-26(34)19-24(20-39-16-13-32-14-17-40(37,38)18-15-32)31-28(36)21-4-10-25(11-5-21)33-12-2-1-3-27(33)35/h1-12,24,37-38H,13-20H2,(H,30,34)(H,31,36). The molecule has 3 aromatic rings. The smallest absolute Gasteiger partial charge is 0.255 e. The van der Waals surface area contributed by atoms with Crippen molar-refractivity contribution in [2.45, 2.75) is 12.5 Å². The summed E-state index contributed by atoms with van der Waals surface area (Å²) in [6.07, 6.45) is 1.63. The predicted molar refractivity (Wildman–Crippen MR) is 158 cm³/mol. The Morgan fingerprint density at radius 2 is 1.70 bits per heavy atom. The van der Waals surface area contributed by atoms with Gasteiger partial charge in [0.2, 0.25) is 5.91 Å². The number of ether oxygens (including phenoxy) is 1. The maximum atomic E-state index is 13.1. The van der Waals surface area contributed by atoms with Crippen LogP contribution in [0.2, 0.25) is 5.02 Å². The summed E-state index contributed by atoms with van der Waals surface area (Å²) < 4.78 is 26.9. The van der Waals surface area contributed by atoms with Crippen LogP contribution in [0.25, 0.3) is 5.69 Å². The number of hydrogen-bond acceptors (Lipinski definition) is 7. The summed E-state index contributed by atoms with van der Waals surface area (Å²) in [6, 6.07) is 17.6. The molecule has 2 heterocycles. The first kappa shape index (κ1) is 29.8. The fraction of sp³-hybridized carbons (Fsp3) is 0.321. The molecule has 1 aliphatic heterocycles. The molecule has 12 heteroatoms. The lowest BCUT2D eigenvalue weighted by Gasteiger charge is -2.40. The molecule has 1 aromatic heterocycles. The number of carbonyl (C=O) groups excluding carboxylic acids is 2. The highest BCUT2D eigenvalue weighted by Gasteiger charge is 2.22. The number of carbonyl (C=O) groups is 2. The summed E-state index contributed by atoms with van der Waals surface area (Å²) in [5.41, 5.74) is 1.41. The summed E-state index contributed by atoms with van der Waals surface area (Å²) in [5, 5.41) is 6.25. The number of nitrogens with one attached hydrogen (secondary N) is 2. The molecule has 2 amide bonds. The van der Waals surface area contributed by atoms with E-state index in [-0.39, 0.29) is 30.4 Å². The van der Waals surface area contributed by atoms with Crippen molar-refractivity contribution in [2.24, 2.45) is 0 Å². The summed E-state index contributed by atoms with van der Waals surface area (Å²) in [4.78, 5) is 40.0. The van der Waals surface area contributed by atoms with Crippen molar-refractivity contribution < 1.29 is 23.4 Å². The third-order valence-electron chi connectivity index (χ3n) is 6.46. The van der Waals surface area contributed by atoms with Gasteiger partial charge in [0.15, 0.2) is 0 Å².